The predicted octanol–water partition coefficient (Wildman–Crippen LogP) is 2.37. The van der Waals surface area contributed by atoms with Gasteiger partial charge in [-0.25, -0.2) is 4.39 Å². The van der Waals surface area contributed by atoms with Gasteiger partial charge >= 0.3 is 0 Å². The van der Waals surface area contributed by atoms with Crippen LogP contribution in [0.15, 0.2) is 34.9 Å². The third-order valence-electron chi connectivity index (χ3n) is 2.46. The number of benzene rings is 1. The molecular weight excluding hydrogens is 273 g/mol. The van der Waals surface area contributed by atoms with E-state index in [0.717, 1.165) is 15.7 Å². The molecule has 16 heavy (non-hydrogen) atoms. The topological polar surface area (TPSA) is 43.8 Å². The lowest BCUT2D eigenvalue weighted by molar-refractivity contribution is 0.624. The molecule has 0 aliphatic carbocycles. The number of halogens is 2. The van der Waals surface area contributed by atoms with Crippen molar-refractivity contribution >= 4 is 15.9 Å². The van der Waals surface area contributed by atoms with Crippen LogP contribution >= 0.6 is 15.9 Å². The second kappa shape index (κ2) is 4.35. The summed E-state index contributed by atoms with van der Waals surface area (Å²) >= 11 is 3.39. The molecule has 1 unspecified atom stereocenters. The highest BCUT2D eigenvalue weighted by Gasteiger charge is 2.16. The van der Waals surface area contributed by atoms with E-state index in [1.54, 1.807) is 23.0 Å². The molecule has 0 spiro atoms. The van der Waals surface area contributed by atoms with Crippen LogP contribution in [0.2, 0.25) is 0 Å². The van der Waals surface area contributed by atoms with E-state index in [9.17, 15) is 4.39 Å². The Balaban J connectivity index is 2.39. The minimum atomic E-state index is -0.317. The highest BCUT2D eigenvalue weighted by molar-refractivity contribution is 9.10. The summed E-state index contributed by atoms with van der Waals surface area (Å²) in [4.78, 5) is 0. The van der Waals surface area contributed by atoms with Gasteiger partial charge in [0.2, 0.25) is 0 Å². The molecule has 1 aromatic carbocycles. The molecule has 0 bridgehead atoms. The van der Waals surface area contributed by atoms with Crippen LogP contribution in [0.25, 0.3) is 0 Å². The second-order valence-corrected chi connectivity index (χ2v) is 4.38. The Kier molecular flexibility index (Phi) is 3.07. The van der Waals surface area contributed by atoms with Gasteiger partial charge in [0.15, 0.2) is 0 Å². The third-order valence-corrected chi connectivity index (χ3v) is 3.07. The lowest BCUT2D eigenvalue weighted by atomic mass is 10.0. The number of nitrogens with two attached hydrogens (primary N) is 1. The number of aryl methyl sites for hydroxylation is 1. The zero-order valence-electron chi connectivity index (χ0n) is 8.69. The summed E-state index contributed by atoms with van der Waals surface area (Å²) in [5.41, 5.74) is 7.82. The van der Waals surface area contributed by atoms with E-state index in [4.69, 9.17) is 5.73 Å². The minimum Gasteiger partial charge on any atom is -0.319 e. The Labute approximate surface area is 101 Å². The van der Waals surface area contributed by atoms with Gasteiger partial charge in [-0.1, -0.05) is 12.1 Å². The molecule has 5 heteroatoms. The van der Waals surface area contributed by atoms with E-state index in [0.29, 0.717) is 0 Å². The minimum absolute atomic E-state index is 0.264. The maximum absolute atomic E-state index is 12.8. The van der Waals surface area contributed by atoms with Gasteiger partial charge in [0.1, 0.15) is 5.82 Å². The normalized spacial score (nSPS) is 12.8. The molecule has 0 aliphatic rings. The fourth-order valence-corrected chi connectivity index (χ4v) is 2.19. The van der Waals surface area contributed by atoms with Crippen molar-refractivity contribution in [3.05, 3.63) is 52.0 Å². The number of hydrogen-bond donors (Lipinski definition) is 1. The van der Waals surface area contributed by atoms with E-state index in [1.165, 1.54) is 12.1 Å². The van der Waals surface area contributed by atoms with Crippen molar-refractivity contribution < 1.29 is 4.39 Å². The fourth-order valence-electron chi connectivity index (χ4n) is 1.60. The van der Waals surface area contributed by atoms with E-state index in [1.807, 2.05) is 7.05 Å². The highest BCUT2D eigenvalue weighted by Crippen LogP contribution is 2.26. The SMILES string of the molecule is Cn1ncc(Br)c1C(N)c1ccc(F)cc1. The predicted molar refractivity (Wildman–Crippen MR) is 63.3 cm³/mol. The van der Waals surface area contributed by atoms with E-state index in [2.05, 4.69) is 21.0 Å². The summed E-state index contributed by atoms with van der Waals surface area (Å²) in [6, 6.07) is 5.85. The molecule has 2 N–H and O–H groups in total. The van der Waals surface area contributed by atoms with Gasteiger partial charge in [0, 0.05) is 7.05 Å². The molecule has 1 atom stereocenters. The largest absolute Gasteiger partial charge is 0.319 e. The first-order valence-corrected chi connectivity index (χ1v) is 5.57. The lowest BCUT2D eigenvalue weighted by Crippen LogP contribution is -2.16. The van der Waals surface area contributed by atoms with Gasteiger partial charge in [0.25, 0.3) is 0 Å². The van der Waals surface area contributed by atoms with Crippen LogP contribution < -0.4 is 5.73 Å². The molecule has 1 heterocycles. The summed E-state index contributed by atoms with van der Waals surface area (Å²) in [5.74, 6) is -0.264. The van der Waals surface area contributed by atoms with Gasteiger partial charge in [0.05, 0.1) is 22.4 Å². The van der Waals surface area contributed by atoms with Crippen molar-refractivity contribution in [2.24, 2.45) is 12.8 Å². The Bertz CT molecular complexity index is 473. The standard InChI is InChI=1S/C11H11BrFN3/c1-16-11(9(12)6-15-16)10(14)7-2-4-8(13)5-3-7/h2-6,10H,14H2,1H3. The molecule has 84 valence electrons. The molecule has 0 radical (unpaired) electrons. The van der Waals surface area contributed by atoms with Crippen LogP contribution in [0.3, 0.4) is 0 Å². The van der Waals surface area contributed by atoms with Crippen LogP contribution in [0.4, 0.5) is 4.39 Å². The van der Waals surface area contributed by atoms with Gasteiger partial charge in [-0.05, 0) is 33.6 Å². The Morgan fingerprint density at radius 3 is 2.50 bits per heavy atom. The van der Waals surface area contributed by atoms with Crippen molar-refractivity contribution in [2.75, 3.05) is 0 Å². The Hall–Kier alpha value is -1.20. The van der Waals surface area contributed by atoms with Gasteiger partial charge in [-0.2, -0.15) is 5.10 Å². The molecule has 2 rings (SSSR count). The monoisotopic (exact) mass is 283 g/mol. The average molecular weight is 284 g/mol. The van der Waals surface area contributed by atoms with E-state index in [-0.39, 0.29) is 11.9 Å². The quantitative estimate of drug-likeness (QED) is 0.920. The molecule has 0 aliphatic heterocycles. The van der Waals surface area contributed by atoms with Gasteiger partial charge in [-0.15, -0.1) is 0 Å². The molecule has 0 fully saturated rings. The van der Waals surface area contributed by atoms with Crippen molar-refractivity contribution in [2.45, 2.75) is 6.04 Å². The van der Waals surface area contributed by atoms with Crippen LogP contribution in [0.5, 0.6) is 0 Å². The third kappa shape index (κ3) is 2.01. The molecule has 0 saturated heterocycles. The Morgan fingerprint density at radius 2 is 2.00 bits per heavy atom. The Morgan fingerprint density at radius 1 is 1.38 bits per heavy atom. The van der Waals surface area contributed by atoms with Crippen LogP contribution in [0, 0.1) is 5.82 Å². The maximum atomic E-state index is 12.8. The molecule has 2 aromatic rings. The van der Waals surface area contributed by atoms with Gasteiger partial charge in [-0.3, -0.25) is 4.68 Å². The first-order chi connectivity index (χ1) is 7.59. The summed E-state index contributed by atoms with van der Waals surface area (Å²) in [6.07, 6.45) is 1.69. The number of nitrogens with zero attached hydrogens (tertiary/aromatic N) is 2. The first kappa shape index (κ1) is 11.3. The van der Waals surface area contributed by atoms with Crippen LogP contribution in [-0.4, -0.2) is 9.78 Å². The first-order valence-electron chi connectivity index (χ1n) is 4.78. The maximum Gasteiger partial charge on any atom is 0.123 e. The summed E-state index contributed by atoms with van der Waals surface area (Å²) in [7, 11) is 1.82. The van der Waals surface area contributed by atoms with E-state index < -0.39 is 0 Å². The van der Waals surface area contributed by atoms with Gasteiger partial charge < -0.3 is 5.73 Å². The highest BCUT2D eigenvalue weighted by atomic mass is 79.9. The average Bonchev–Trinajstić information content (AvgIpc) is 2.59. The molecule has 1 aromatic heterocycles. The van der Waals surface area contributed by atoms with Crippen molar-refractivity contribution in [1.29, 1.82) is 0 Å². The summed E-state index contributed by atoms with van der Waals surface area (Å²) in [6.45, 7) is 0. The number of aromatic nitrogens is 2. The van der Waals surface area contributed by atoms with Crippen molar-refractivity contribution in [1.82, 2.24) is 9.78 Å². The lowest BCUT2D eigenvalue weighted by Gasteiger charge is -2.13. The molecular formula is C11H11BrFN3. The zero-order chi connectivity index (χ0) is 11.7. The number of hydrogen-bond acceptors (Lipinski definition) is 2. The smallest absolute Gasteiger partial charge is 0.123 e. The van der Waals surface area contributed by atoms with Crippen molar-refractivity contribution in [3.63, 3.8) is 0 Å². The molecule has 0 amide bonds. The van der Waals surface area contributed by atoms with Crippen LogP contribution in [0.1, 0.15) is 17.3 Å². The van der Waals surface area contributed by atoms with Crippen molar-refractivity contribution in [3.8, 4) is 0 Å². The second-order valence-electron chi connectivity index (χ2n) is 3.53. The zero-order valence-corrected chi connectivity index (χ0v) is 10.3. The molecule has 0 saturated carbocycles. The van der Waals surface area contributed by atoms with E-state index >= 15 is 0 Å². The summed E-state index contributed by atoms with van der Waals surface area (Å²) < 4.78 is 15.3. The molecule has 3 nitrogen and oxygen atoms in total. The number of rotatable bonds is 2. The fraction of sp³-hybridized carbons (Fsp3) is 0.182. The van der Waals surface area contributed by atoms with Crippen LogP contribution in [-0.2, 0) is 7.05 Å². The summed E-state index contributed by atoms with van der Waals surface area (Å²) in [5, 5.41) is 4.10.